The molecule has 0 aromatic rings. The molecule has 0 aromatic carbocycles. The summed E-state index contributed by atoms with van der Waals surface area (Å²) in [5, 5.41) is 21.2. The predicted octanol–water partition coefficient (Wildman–Crippen LogP) is 1.98. The zero-order valence-corrected chi connectivity index (χ0v) is 15.6. The second-order valence-corrected chi connectivity index (χ2v) is 6.90. The van der Waals surface area contributed by atoms with Crippen molar-refractivity contribution >= 4 is 11.9 Å². The lowest BCUT2D eigenvalue weighted by molar-refractivity contribution is -0.150. The molecule has 0 radical (unpaired) electrons. The third kappa shape index (κ3) is 4.14. The van der Waals surface area contributed by atoms with Crippen molar-refractivity contribution in [2.24, 2.45) is 5.92 Å². The number of carbonyl (C=O) groups is 2. The summed E-state index contributed by atoms with van der Waals surface area (Å²) in [6, 6.07) is 0. The van der Waals surface area contributed by atoms with Crippen LogP contribution in [0.3, 0.4) is 0 Å². The molecule has 6 nitrogen and oxygen atoms in total. The number of aliphatic hydroxyl groups excluding tert-OH is 2. The van der Waals surface area contributed by atoms with Crippen molar-refractivity contribution in [3.05, 3.63) is 47.1 Å². The van der Waals surface area contributed by atoms with Crippen LogP contribution < -0.4 is 0 Å². The first-order chi connectivity index (χ1) is 12.1. The molecule has 0 spiro atoms. The molecule has 2 rings (SSSR count). The summed E-state index contributed by atoms with van der Waals surface area (Å²) in [7, 11) is 0. The molecule has 1 saturated heterocycles. The van der Waals surface area contributed by atoms with Crippen molar-refractivity contribution in [3.63, 3.8) is 0 Å². The highest BCUT2D eigenvalue weighted by Crippen LogP contribution is 2.35. The summed E-state index contributed by atoms with van der Waals surface area (Å²) in [6.07, 6.45) is 1.43. The molecular formula is C20H26O6. The van der Waals surface area contributed by atoms with Gasteiger partial charge < -0.3 is 19.7 Å². The highest BCUT2D eigenvalue weighted by molar-refractivity contribution is 5.91. The molecule has 6 heteroatoms. The molecule has 1 aliphatic carbocycles. The van der Waals surface area contributed by atoms with Crippen LogP contribution in [-0.4, -0.2) is 46.6 Å². The lowest BCUT2D eigenvalue weighted by Crippen LogP contribution is -2.42. The van der Waals surface area contributed by atoms with Crippen LogP contribution in [0.2, 0.25) is 0 Å². The van der Waals surface area contributed by atoms with Crippen molar-refractivity contribution in [3.8, 4) is 0 Å². The van der Waals surface area contributed by atoms with Crippen LogP contribution in [0, 0.1) is 5.92 Å². The standard InChI is InChI=1S/C20H26O6/c1-6-11(3)19(23)26-18-12(4)9-14(21)7-10(2)8-15-16(17(18)22)13(5)20(24)25-15/h6,8-9,14-18,21-22H,5,7H2,1-4H3/b10-8+,11-6-,12-9+/t14-,15+,16-,17+,18+/m0/s1. The van der Waals surface area contributed by atoms with E-state index in [1.807, 2.05) is 6.92 Å². The fourth-order valence-corrected chi connectivity index (χ4v) is 3.23. The topological polar surface area (TPSA) is 93.1 Å². The summed E-state index contributed by atoms with van der Waals surface area (Å²) in [5.74, 6) is -1.89. The maximum Gasteiger partial charge on any atom is 0.334 e. The maximum atomic E-state index is 12.2. The summed E-state index contributed by atoms with van der Waals surface area (Å²) < 4.78 is 10.8. The van der Waals surface area contributed by atoms with Crippen LogP contribution in [-0.2, 0) is 19.1 Å². The maximum absolute atomic E-state index is 12.2. The van der Waals surface area contributed by atoms with E-state index in [0.717, 1.165) is 5.57 Å². The molecule has 0 amide bonds. The van der Waals surface area contributed by atoms with Crippen LogP contribution in [0.5, 0.6) is 0 Å². The first-order valence-electron chi connectivity index (χ1n) is 8.61. The van der Waals surface area contributed by atoms with E-state index in [1.165, 1.54) is 0 Å². The van der Waals surface area contributed by atoms with Gasteiger partial charge in [0, 0.05) is 11.1 Å². The lowest BCUT2D eigenvalue weighted by Gasteiger charge is -2.31. The Bertz CT molecular complexity index is 699. The number of hydrogen-bond acceptors (Lipinski definition) is 6. The van der Waals surface area contributed by atoms with Crippen molar-refractivity contribution in [1.82, 2.24) is 0 Å². The highest BCUT2D eigenvalue weighted by atomic mass is 16.6. The van der Waals surface area contributed by atoms with Gasteiger partial charge in [0.2, 0.25) is 0 Å². The van der Waals surface area contributed by atoms with Gasteiger partial charge in [0.05, 0.1) is 12.0 Å². The third-order valence-corrected chi connectivity index (χ3v) is 4.81. The van der Waals surface area contributed by atoms with E-state index < -0.39 is 42.3 Å². The van der Waals surface area contributed by atoms with E-state index in [0.29, 0.717) is 17.6 Å². The molecule has 0 unspecified atom stereocenters. The summed E-state index contributed by atoms with van der Waals surface area (Å²) in [6.45, 7) is 10.6. The van der Waals surface area contributed by atoms with Gasteiger partial charge in [-0.05, 0) is 45.8 Å². The SMILES string of the molecule is C=C1C(=O)O[C@@H]2/C=C(\C)C[C@H](O)/C=C(\C)[C@@H](OC(=O)/C(C)=C\C)[C@H](O)[C@@H]12. The van der Waals surface area contributed by atoms with Crippen LogP contribution >= 0.6 is 0 Å². The van der Waals surface area contributed by atoms with E-state index in [-0.39, 0.29) is 5.57 Å². The van der Waals surface area contributed by atoms with Crippen LogP contribution in [0.25, 0.3) is 0 Å². The second-order valence-electron chi connectivity index (χ2n) is 6.90. The number of rotatable bonds is 2. The van der Waals surface area contributed by atoms with Crippen LogP contribution in [0.4, 0.5) is 0 Å². The van der Waals surface area contributed by atoms with Gasteiger partial charge in [-0.1, -0.05) is 24.3 Å². The van der Waals surface area contributed by atoms with Gasteiger partial charge in [-0.25, -0.2) is 9.59 Å². The molecule has 142 valence electrons. The van der Waals surface area contributed by atoms with E-state index in [1.54, 1.807) is 39.0 Å². The second kappa shape index (κ2) is 8.01. The summed E-state index contributed by atoms with van der Waals surface area (Å²) in [4.78, 5) is 24.2. The number of allylic oxidation sites excluding steroid dienone is 1. The summed E-state index contributed by atoms with van der Waals surface area (Å²) >= 11 is 0. The Morgan fingerprint density at radius 1 is 1.35 bits per heavy atom. The minimum absolute atomic E-state index is 0.143. The van der Waals surface area contributed by atoms with E-state index >= 15 is 0 Å². The third-order valence-electron chi connectivity index (χ3n) is 4.81. The monoisotopic (exact) mass is 362 g/mol. The molecule has 5 atom stereocenters. The Balaban J connectivity index is 2.46. The Morgan fingerprint density at radius 3 is 2.62 bits per heavy atom. The molecule has 26 heavy (non-hydrogen) atoms. The number of fused-ring (bicyclic) bond motifs is 1. The van der Waals surface area contributed by atoms with Gasteiger partial charge in [0.15, 0.2) is 0 Å². The van der Waals surface area contributed by atoms with Gasteiger partial charge in [-0.15, -0.1) is 0 Å². The van der Waals surface area contributed by atoms with E-state index in [2.05, 4.69) is 6.58 Å². The average Bonchev–Trinajstić information content (AvgIpc) is 2.83. The molecule has 2 aliphatic rings. The van der Waals surface area contributed by atoms with Crippen molar-refractivity contribution in [2.75, 3.05) is 0 Å². The van der Waals surface area contributed by atoms with Crippen molar-refractivity contribution < 1.29 is 29.3 Å². The van der Waals surface area contributed by atoms with Crippen molar-refractivity contribution in [1.29, 1.82) is 0 Å². The van der Waals surface area contributed by atoms with Crippen molar-refractivity contribution in [2.45, 2.75) is 58.5 Å². The van der Waals surface area contributed by atoms with Gasteiger partial charge in [-0.3, -0.25) is 0 Å². The minimum atomic E-state index is -1.24. The number of esters is 2. The molecular weight excluding hydrogens is 336 g/mol. The normalized spacial score (nSPS) is 37.0. The Labute approximate surface area is 153 Å². The van der Waals surface area contributed by atoms with Gasteiger partial charge in [-0.2, -0.15) is 0 Å². The van der Waals surface area contributed by atoms with Gasteiger partial charge in [0.1, 0.15) is 18.3 Å². The Morgan fingerprint density at radius 2 is 2.00 bits per heavy atom. The smallest absolute Gasteiger partial charge is 0.334 e. The molecule has 1 fully saturated rings. The zero-order valence-electron chi connectivity index (χ0n) is 15.6. The number of hydrogen-bond donors (Lipinski definition) is 2. The fraction of sp³-hybridized carbons (Fsp3) is 0.500. The highest BCUT2D eigenvalue weighted by Gasteiger charge is 2.46. The number of ether oxygens (including phenoxy) is 2. The van der Waals surface area contributed by atoms with Gasteiger partial charge in [0.25, 0.3) is 0 Å². The van der Waals surface area contributed by atoms with Gasteiger partial charge >= 0.3 is 11.9 Å². The van der Waals surface area contributed by atoms with Crippen LogP contribution in [0.1, 0.15) is 34.1 Å². The fourth-order valence-electron chi connectivity index (χ4n) is 3.23. The average molecular weight is 362 g/mol. The predicted molar refractivity (Wildman–Crippen MR) is 96.0 cm³/mol. The van der Waals surface area contributed by atoms with E-state index in [4.69, 9.17) is 9.47 Å². The minimum Gasteiger partial charge on any atom is -0.454 e. The molecule has 1 aliphatic heterocycles. The van der Waals surface area contributed by atoms with E-state index in [9.17, 15) is 19.8 Å². The number of carbonyl (C=O) groups excluding carboxylic acids is 2. The molecule has 0 bridgehead atoms. The van der Waals surface area contributed by atoms with Crippen LogP contribution in [0.15, 0.2) is 47.1 Å². The molecule has 1 heterocycles. The quantitative estimate of drug-likeness (QED) is 0.443. The first-order valence-corrected chi connectivity index (χ1v) is 8.61. The molecule has 0 saturated carbocycles. The number of aliphatic hydroxyl groups is 2. The zero-order chi connectivity index (χ0) is 19.6. The molecule has 0 aromatic heterocycles. The summed E-state index contributed by atoms with van der Waals surface area (Å²) in [5.41, 5.74) is 1.87. The largest absolute Gasteiger partial charge is 0.454 e. The lowest BCUT2D eigenvalue weighted by atomic mass is 9.83. The Hall–Kier alpha value is -2.18. The Kier molecular flexibility index (Phi) is 6.21. The first kappa shape index (κ1) is 20.1. The molecule has 2 N–H and O–H groups in total.